The molecule has 7 nitrogen and oxygen atoms in total. The van der Waals surface area contributed by atoms with Crippen LogP contribution in [-0.2, 0) is 10.0 Å². The number of carboxylic acid groups (broad SMARTS) is 1. The Labute approximate surface area is 161 Å². The van der Waals surface area contributed by atoms with Crippen molar-refractivity contribution in [2.75, 3.05) is 19.6 Å². The van der Waals surface area contributed by atoms with E-state index < -0.39 is 44.3 Å². The van der Waals surface area contributed by atoms with Gasteiger partial charge in [0.25, 0.3) is 6.09 Å². The highest BCUT2D eigenvalue weighted by molar-refractivity contribution is 7.89. The first kappa shape index (κ1) is 22.4. The van der Waals surface area contributed by atoms with Gasteiger partial charge in [-0.2, -0.15) is 4.31 Å². The van der Waals surface area contributed by atoms with E-state index in [0.717, 1.165) is 28.6 Å². The smallest absolute Gasteiger partial charge is 0.498 e. The van der Waals surface area contributed by atoms with Gasteiger partial charge in [0.1, 0.15) is 12.3 Å². The third kappa shape index (κ3) is 4.26. The van der Waals surface area contributed by atoms with Gasteiger partial charge in [-0.1, -0.05) is 0 Å². The number of ether oxygens (including phenoxy) is 1. The lowest BCUT2D eigenvalue weighted by Gasteiger charge is -2.53. The standard InChI is InChI=1S/C17H23F3N2O5S/c1-12-11-22(15(23)24,16(2,3)4)10-9-21(12)28(25,26)14-7-5-13(6-8-14)27-17(18,19)20/h5-8,12H,9-11H2,1-4H3/t12-,22?/m1/s1. The highest BCUT2D eigenvalue weighted by atomic mass is 32.2. The first-order valence-electron chi connectivity index (χ1n) is 8.56. The van der Waals surface area contributed by atoms with Crippen LogP contribution in [0.1, 0.15) is 27.7 Å². The maximum atomic E-state index is 12.9. The van der Waals surface area contributed by atoms with Gasteiger partial charge in [-0.05, 0) is 52.0 Å². The Bertz CT molecular complexity index is 834. The van der Waals surface area contributed by atoms with E-state index in [2.05, 4.69) is 4.74 Å². The summed E-state index contributed by atoms with van der Waals surface area (Å²) in [4.78, 5) is 11.6. The van der Waals surface area contributed by atoms with Gasteiger partial charge in [0.2, 0.25) is 10.0 Å². The molecule has 1 heterocycles. The van der Waals surface area contributed by atoms with Gasteiger partial charge >= 0.3 is 6.36 Å². The molecule has 1 aromatic rings. The Hall–Kier alpha value is -1.85. The summed E-state index contributed by atoms with van der Waals surface area (Å²) in [6, 6.07) is 3.25. The summed E-state index contributed by atoms with van der Waals surface area (Å²) >= 11 is 0. The van der Waals surface area contributed by atoms with Crippen molar-refractivity contribution in [3.05, 3.63) is 24.3 Å². The summed E-state index contributed by atoms with van der Waals surface area (Å²) in [6.07, 6.45) is -6.15. The van der Waals surface area contributed by atoms with E-state index in [1.54, 1.807) is 27.7 Å². The molecule has 158 valence electrons. The van der Waals surface area contributed by atoms with E-state index in [0.29, 0.717) is 0 Å². The number of carbonyl (C=O) groups is 1. The molecule has 1 saturated heterocycles. The van der Waals surface area contributed by atoms with Crippen molar-refractivity contribution < 1.29 is 40.7 Å². The predicted molar refractivity (Wildman–Crippen MR) is 91.6 cm³/mol. The number of rotatable bonds is 3. The maximum Gasteiger partial charge on any atom is 0.573 e. The zero-order chi connectivity index (χ0) is 21.5. The summed E-state index contributed by atoms with van der Waals surface area (Å²) < 4.78 is 67.1. The average Bonchev–Trinajstić information content (AvgIpc) is 2.52. The number of amides is 1. The molecule has 28 heavy (non-hydrogen) atoms. The lowest BCUT2D eigenvalue weighted by atomic mass is 9.98. The Morgan fingerprint density at radius 1 is 1.21 bits per heavy atom. The van der Waals surface area contributed by atoms with Gasteiger partial charge in [0.15, 0.2) is 0 Å². The minimum Gasteiger partial charge on any atom is -0.498 e. The minimum absolute atomic E-state index is 0.0142. The van der Waals surface area contributed by atoms with E-state index >= 15 is 0 Å². The van der Waals surface area contributed by atoms with Gasteiger partial charge in [-0.25, -0.2) is 8.42 Å². The zero-order valence-corrected chi connectivity index (χ0v) is 16.8. The number of nitrogens with zero attached hydrogens (tertiary/aromatic N) is 2. The highest BCUT2D eigenvalue weighted by Crippen LogP contribution is 2.32. The second-order valence-corrected chi connectivity index (χ2v) is 9.69. The van der Waals surface area contributed by atoms with Crippen molar-refractivity contribution in [3.63, 3.8) is 0 Å². The number of carbonyl (C=O) groups excluding carboxylic acids is 1. The van der Waals surface area contributed by atoms with E-state index in [9.17, 15) is 31.5 Å². The van der Waals surface area contributed by atoms with Gasteiger partial charge < -0.3 is 14.6 Å². The van der Waals surface area contributed by atoms with Crippen LogP contribution in [0.2, 0.25) is 0 Å². The fraction of sp³-hybridized carbons (Fsp3) is 0.588. The highest BCUT2D eigenvalue weighted by Gasteiger charge is 2.50. The molecule has 0 saturated carbocycles. The van der Waals surface area contributed by atoms with Crippen molar-refractivity contribution in [2.24, 2.45) is 0 Å². The molecule has 2 rings (SSSR count). The van der Waals surface area contributed by atoms with Crippen LogP contribution in [0.4, 0.5) is 18.0 Å². The van der Waals surface area contributed by atoms with E-state index in [4.69, 9.17) is 0 Å². The van der Waals surface area contributed by atoms with Crippen molar-refractivity contribution in [1.82, 2.24) is 4.31 Å². The Kier molecular flexibility index (Phi) is 5.77. The lowest BCUT2D eigenvalue weighted by molar-refractivity contribution is -0.925. The number of alkyl halides is 3. The fourth-order valence-electron chi connectivity index (χ4n) is 3.48. The number of piperazine rings is 1. The van der Waals surface area contributed by atoms with Crippen molar-refractivity contribution >= 4 is 16.1 Å². The van der Waals surface area contributed by atoms with Gasteiger partial charge in [-0.3, -0.25) is 4.48 Å². The molecular weight excluding hydrogens is 401 g/mol. The SMILES string of the molecule is C[C@@H]1C[N+](C(=O)[O-])(C(C)(C)C)CCN1S(=O)(=O)c1ccc(OC(F)(F)F)cc1. The lowest BCUT2D eigenvalue weighted by Crippen LogP contribution is -2.75. The molecule has 1 aromatic carbocycles. The number of halogens is 3. The summed E-state index contributed by atoms with van der Waals surface area (Å²) in [5.74, 6) is -0.529. The number of hydrogen-bond acceptors (Lipinski definition) is 5. The Morgan fingerprint density at radius 2 is 1.75 bits per heavy atom. The van der Waals surface area contributed by atoms with E-state index in [1.165, 1.54) is 0 Å². The molecule has 1 aliphatic rings. The first-order valence-corrected chi connectivity index (χ1v) is 10.0. The second kappa shape index (κ2) is 7.20. The minimum atomic E-state index is -4.87. The molecule has 1 unspecified atom stereocenters. The number of benzene rings is 1. The number of hydrogen-bond donors (Lipinski definition) is 0. The summed E-state index contributed by atoms with van der Waals surface area (Å²) in [5.41, 5.74) is -0.695. The third-order valence-electron chi connectivity index (χ3n) is 5.07. The molecule has 0 N–H and O–H groups in total. The third-order valence-corrected chi connectivity index (χ3v) is 7.09. The molecule has 1 amide bonds. The molecular formula is C17H23F3N2O5S. The molecule has 1 aliphatic heterocycles. The molecule has 2 atom stereocenters. The monoisotopic (exact) mass is 424 g/mol. The quantitative estimate of drug-likeness (QED) is 0.692. The van der Waals surface area contributed by atoms with Crippen LogP contribution in [-0.4, -0.2) is 60.9 Å². The molecule has 0 spiro atoms. The van der Waals surface area contributed by atoms with Gasteiger partial charge in [0, 0.05) is 0 Å². The van der Waals surface area contributed by atoms with E-state index in [-0.39, 0.29) is 24.5 Å². The van der Waals surface area contributed by atoms with Crippen molar-refractivity contribution in [1.29, 1.82) is 0 Å². The van der Waals surface area contributed by atoms with Crippen LogP contribution in [0.5, 0.6) is 5.75 Å². The number of sulfonamides is 1. The van der Waals surface area contributed by atoms with Gasteiger partial charge in [-0.15, -0.1) is 13.2 Å². The fourth-order valence-corrected chi connectivity index (χ4v) is 5.09. The van der Waals surface area contributed by atoms with Crippen LogP contribution < -0.4 is 9.84 Å². The van der Waals surface area contributed by atoms with Crippen LogP contribution in [0.3, 0.4) is 0 Å². The second-order valence-electron chi connectivity index (χ2n) is 7.79. The summed E-state index contributed by atoms with van der Waals surface area (Å²) in [7, 11) is -4.02. The molecule has 0 radical (unpaired) electrons. The average molecular weight is 424 g/mol. The molecule has 0 aliphatic carbocycles. The van der Waals surface area contributed by atoms with Gasteiger partial charge in [0.05, 0.1) is 29.6 Å². The normalized spacial score (nSPS) is 24.8. The summed E-state index contributed by atoms with van der Waals surface area (Å²) in [5, 5.41) is 11.8. The first-order chi connectivity index (χ1) is 12.6. The number of quaternary nitrogens is 1. The van der Waals surface area contributed by atoms with E-state index in [1.807, 2.05) is 0 Å². The van der Waals surface area contributed by atoms with Crippen LogP contribution >= 0.6 is 0 Å². The molecule has 0 aromatic heterocycles. The predicted octanol–water partition coefficient (Wildman–Crippen LogP) is 1.94. The molecule has 1 fully saturated rings. The Morgan fingerprint density at radius 3 is 2.14 bits per heavy atom. The molecule has 11 heteroatoms. The zero-order valence-electron chi connectivity index (χ0n) is 16.0. The Balaban J connectivity index is 2.27. The van der Waals surface area contributed by atoms with Crippen molar-refractivity contribution in [2.45, 2.75) is 50.5 Å². The van der Waals surface area contributed by atoms with Crippen LogP contribution in [0.15, 0.2) is 29.2 Å². The topological polar surface area (TPSA) is 86.7 Å². The molecule has 0 bridgehead atoms. The van der Waals surface area contributed by atoms with Crippen LogP contribution in [0, 0.1) is 0 Å². The van der Waals surface area contributed by atoms with Crippen molar-refractivity contribution in [3.8, 4) is 5.75 Å². The largest absolute Gasteiger partial charge is 0.573 e. The maximum absolute atomic E-state index is 12.9. The summed E-state index contributed by atoms with van der Waals surface area (Å²) in [6.45, 7) is 6.82. The van der Waals surface area contributed by atoms with Crippen LogP contribution in [0.25, 0.3) is 0 Å².